The summed E-state index contributed by atoms with van der Waals surface area (Å²) in [5.41, 5.74) is 0.246. The molecule has 0 aliphatic carbocycles. The number of unbranched alkanes of at least 4 members (excludes halogenated alkanes) is 16. The van der Waals surface area contributed by atoms with Gasteiger partial charge in [-0.25, -0.2) is 4.79 Å². The molecule has 0 bridgehead atoms. The average Bonchev–Trinajstić information content (AvgIpc) is 3.08. The van der Waals surface area contributed by atoms with E-state index in [9.17, 15) is 9.90 Å². The zero-order valence-corrected chi connectivity index (χ0v) is 31.1. The second-order valence-electron chi connectivity index (χ2n) is 14.3. The molecule has 0 amide bonds. The van der Waals surface area contributed by atoms with E-state index in [1.807, 2.05) is 18.2 Å². The van der Waals surface area contributed by atoms with Gasteiger partial charge in [0.1, 0.15) is 17.1 Å². The lowest BCUT2D eigenvalue weighted by atomic mass is 9.95. The molecule has 0 heterocycles. The van der Waals surface area contributed by atoms with Gasteiger partial charge in [0, 0.05) is 0 Å². The van der Waals surface area contributed by atoms with Crippen LogP contribution in [0, 0.1) is 11.8 Å². The third-order valence-electron chi connectivity index (χ3n) is 9.96. The van der Waals surface area contributed by atoms with Crippen molar-refractivity contribution < 1.29 is 19.4 Å². The highest BCUT2D eigenvalue weighted by atomic mass is 16.5. The van der Waals surface area contributed by atoms with E-state index < -0.39 is 5.97 Å². The smallest absolute Gasteiger partial charge is 0.339 e. The number of benzene rings is 2. The van der Waals surface area contributed by atoms with Gasteiger partial charge in [-0.1, -0.05) is 162 Å². The Hall–Kier alpha value is -2.23. The van der Waals surface area contributed by atoms with Crippen LogP contribution >= 0.6 is 0 Å². The number of rotatable bonds is 31. The van der Waals surface area contributed by atoms with Crippen molar-refractivity contribution in [3.8, 4) is 11.5 Å². The summed E-state index contributed by atoms with van der Waals surface area (Å²) in [6, 6.07) is 9.82. The van der Waals surface area contributed by atoms with Crippen LogP contribution in [-0.4, -0.2) is 24.3 Å². The molecule has 0 aromatic heterocycles. The van der Waals surface area contributed by atoms with Gasteiger partial charge in [-0.05, 0) is 72.6 Å². The van der Waals surface area contributed by atoms with Crippen molar-refractivity contribution in [2.75, 3.05) is 13.2 Å². The molecule has 0 radical (unpaired) electrons. The zero-order chi connectivity index (χ0) is 34.0. The van der Waals surface area contributed by atoms with Crippen LogP contribution < -0.4 is 9.47 Å². The number of fused-ring (bicyclic) bond motifs is 1. The van der Waals surface area contributed by atoms with Gasteiger partial charge < -0.3 is 14.6 Å². The molecule has 47 heavy (non-hydrogen) atoms. The Balaban J connectivity index is 2.05. The predicted molar refractivity (Wildman–Crippen MR) is 202 cm³/mol. The summed E-state index contributed by atoms with van der Waals surface area (Å²) in [5.74, 6) is 1.43. The molecule has 0 spiro atoms. The van der Waals surface area contributed by atoms with Crippen molar-refractivity contribution in [3.63, 3.8) is 0 Å². The van der Waals surface area contributed by atoms with Gasteiger partial charge in [0.05, 0.1) is 13.2 Å². The SMILES string of the molecule is CCCCCCCCC(CCCCCC)COc1ccc2cc(OCC(CCCCCC)CCCCCCCC)c(C(=O)O)cc2c1. The number of ether oxygens (including phenoxy) is 2. The monoisotopic (exact) mass is 653 g/mol. The molecule has 2 aromatic carbocycles. The van der Waals surface area contributed by atoms with Gasteiger partial charge in [-0.2, -0.15) is 0 Å². The molecule has 2 unspecified atom stereocenters. The topological polar surface area (TPSA) is 55.8 Å². The van der Waals surface area contributed by atoms with Gasteiger partial charge >= 0.3 is 5.97 Å². The van der Waals surface area contributed by atoms with E-state index in [0.717, 1.165) is 36.0 Å². The van der Waals surface area contributed by atoms with E-state index in [2.05, 4.69) is 33.8 Å². The van der Waals surface area contributed by atoms with Crippen molar-refractivity contribution in [1.29, 1.82) is 0 Å². The maximum Gasteiger partial charge on any atom is 0.339 e. The van der Waals surface area contributed by atoms with E-state index in [-0.39, 0.29) is 5.56 Å². The highest BCUT2D eigenvalue weighted by molar-refractivity contribution is 5.98. The molecule has 0 fully saturated rings. The molecular formula is C43H72O4. The summed E-state index contributed by atoms with van der Waals surface area (Å²) < 4.78 is 12.7. The largest absolute Gasteiger partial charge is 0.493 e. The van der Waals surface area contributed by atoms with Crippen LogP contribution in [0.25, 0.3) is 10.8 Å². The van der Waals surface area contributed by atoms with Gasteiger partial charge in [0.25, 0.3) is 0 Å². The lowest BCUT2D eigenvalue weighted by molar-refractivity contribution is 0.0691. The van der Waals surface area contributed by atoms with E-state index in [0.29, 0.717) is 24.2 Å². The fourth-order valence-electron chi connectivity index (χ4n) is 6.82. The van der Waals surface area contributed by atoms with Gasteiger partial charge in [-0.3, -0.25) is 0 Å². The first-order valence-electron chi connectivity index (χ1n) is 20.1. The number of carboxylic acid groups (broad SMARTS) is 1. The average molecular weight is 653 g/mol. The van der Waals surface area contributed by atoms with E-state index in [4.69, 9.17) is 9.47 Å². The summed E-state index contributed by atoms with van der Waals surface area (Å²) in [5, 5.41) is 12.0. The first kappa shape index (κ1) is 40.9. The standard InChI is InChI=1S/C43H72O4/c1-5-9-13-17-19-23-27-36(25-21-15-11-7-3)34-46-40-30-29-38-33-42(41(43(44)45)32-39(38)31-40)47-35-37(26-22-16-12-8-4)28-24-20-18-14-10-6-2/h29-33,36-37H,5-28,34-35H2,1-4H3,(H,44,45). The Kier molecular flexibility index (Phi) is 23.3. The van der Waals surface area contributed by atoms with Crippen molar-refractivity contribution in [1.82, 2.24) is 0 Å². The van der Waals surface area contributed by atoms with Crippen molar-refractivity contribution in [2.45, 2.75) is 182 Å². The minimum absolute atomic E-state index is 0.246. The Morgan fingerprint density at radius 2 is 0.957 bits per heavy atom. The van der Waals surface area contributed by atoms with Crippen LogP contribution in [-0.2, 0) is 0 Å². The second kappa shape index (κ2) is 26.7. The summed E-state index contributed by atoms with van der Waals surface area (Å²) >= 11 is 0. The Bertz CT molecular complexity index is 1060. The highest BCUT2D eigenvalue weighted by Gasteiger charge is 2.17. The lowest BCUT2D eigenvalue weighted by Crippen LogP contribution is -2.14. The van der Waals surface area contributed by atoms with Crippen LogP contribution in [0.5, 0.6) is 11.5 Å². The van der Waals surface area contributed by atoms with Crippen LogP contribution in [0.2, 0.25) is 0 Å². The summed E-state index contributed by atoms with van der Waals surface area (Å²) in [7, 11) is 0. The highest BCUT2D eigenvalue weighted by Crippen LogP contribution is 2.31. The quantitative estimate of drug-likeness (QED) is 0.0823. The third kappa shape index (κ3) is 18.2. The Labute approximate surface area is 289 Å². The van der Waals surface area contributed by atoms with Gasteiger partial charge in [0.15, 0.2) is 0 Å². The Morgan fingerprint density at radius 3 is 1.43 bits per heavy atom. The second-order valence-corrected chi connectivity index (χ2v) is 14.3. The molecule has 2 rings (SSSR count). The molecular weight excluding hydrogens is 580 g/mol. The molecule has 0 aliphatic rings. The lowest BCUT2D eigenvalue weighted by Gasteiger charge is -2.20. The summed E-state index contributed by atoms with van der Waals surface area (Å²) in [4.78, 5) is 12.4. The molecule has 2 aromatic rings. The number of hydrogen-bond acceptors (Lipinski definition) is 3. The maximum atomic E-state index is 12.4. The van der Waals surface area contributed by atoms with E-state index in [1.165, 1.54) is 141 Å². The maximum absolute atomic E-state index is 12.4. The van der Waals surface area contributed by atoms with Crippen LogP contribution in [0.4, 0.5) is 0 Å². The first-order valence-corrected chi connectivity index (χ1v) is 20.1. The molecule has 0 saturated carbocycles. The minimum atomic E-state index is -0.935. The molecule has 268 valence electrons. The number of carboxylic acids is 1. The fraction of sp³-hybridized carbons (Fsp3) is 0.744. The normalized spacial score (nSPS) is 12.8. The molecule has 1 N–H and O–H groups in total. The summed E-state index contributed by atoms with van der Waals surface area (Å²) in [6.45, 7) is 10.4. The number of hydrogen-bond donors (Lipinski definition) is 1. The van der Waals surface area contributed by atoms with Crippen molar-refractivity contribution in [3.05, 3.63) is 35.9 Å². The molecule has 0 saturated heterocycles. The summed E-state index contributed by atoms with van der Waals surface area (Å²) in [6.07, 6.45) is 30.7. The number of carbonyl (C=O) groups is 1. The van der Waals surface area contributed by atoms with Gasteiger partial charge in [0.2, 0.25) is 0 Å². The van der Waals surface area contributed by atoms with Gasteiger partial charge in [-0.15, -0.1) is 0 Å². The van der Waals surface area contributed by atoms with Crippen LogP contribution in [0.15, 0.2) is 30.3 Å². The zero-order valence-electron chi connectivity index (χ0n) is 31.1. The number of aromatic carboxylic acids is 1. The third-order valence-corrected chi connectivity index (χ3v) is 9.96. The Morgan fingerprint density at radius 1 is 0.532 bits per heavy atom. The molecule has 0 aliphatic heterocycles. The fourth-order valence-corrected chi connectivity index (χ4v) is 6.82. The molecule has 2 atom stereocenters. The predicted octanol–water partition coefficient (Wildman–Crippen LogP) is 14.0. The van der Waals surface area contributed by atoms with E-state index in [1.54, 1.807) is 6.07 Å². The molecule has 4 nitrogen and oxygen atoms in total. The van der Waals surface area contributed by atoms with E-state index >= 15 is 0 Å². The molecule has 4 heteroatoms. The van der Waals surface area contributed by atoms with Crippen LogP contribution in [0.1, 0.15) is 192 Å². The first-order chi connectivity index (χ1) is 23.0. The minimum Gasteiger partial charge on any atom is -0.493 e. The van der Waals surface area contributed by atoms with Crippen molar-refractivity contribution >= 4 is 16.7 Å². The van der Waals surface area contributed by atoms with Crippen molar-refractivity contribution in [2.24, 2.45) is 11.8 Å². The van der Waals surface area contributed by atoms with Crippen LogP contribution in [0.3, 0.4) is 0 Å².